The molecule has 1 atom stereocenters. The van der Waals surface area contributed by atoms with Gasteiger partial charge in [0.25, 0.3) is 0 Å². The third kappa shape index (κ3) is 6.79. The average molecular weight is 297 g/mol. The van der Waals surface area contributed by atoms with Crippen molar-refractivity contribution in [2.75, 3.05) is 26.7 Å². The van der Waals surface area contributed by atoms with Crippen molar-refractivity contribution in [2.45, 2.75) is 70.8 Å². The molecule has 1 fully saturated rings. The molecule has 0 saturated heterocycles. The van der Waals surface area contributed by atoms with Crippen molar-refractivity contribution in [3.63, 3.8) is 0 Å². The van der Waals surface area contributed by atoms with E-state index < -0.39 is 5.54 Å². The molecule has 0 aromatic heterocycles. The van der Waals surface area contributed by atoms with Gasteiger partial charge in [0.15, 0.2) is 0 Å². The van der Waals surface area contributed by atoms with Gasteiger partial charge in [-0.3, -0.25) is 4.79 Å². The first-order valence-corrected chi connectivity index (χ1v) is 8.71. The summed E-state index contributed by atoms with van der Waals surface area (Å²) >= 11 is 0. The lowest BCUT2D eigenvalue weighted by Crippen LogP contribution is -2.53. The average Bonchev–Trinajstić information content (AvgIpc) is 2.94. The number of carbonyl (C=O) groups excluding carboxylic acids is 1. The Kier molecular flexibility index (Phi) is 8.27. The number of nitrogens with zero attached hydrogens (tertiary/aromatic N) is 1. The molecule has 0 bridgehead atoms. The molecule has 0 spiro atoms. The van der Waals surface area contributed by atoms with Gasteiger partial charge in [0.1, 0.15) is 0 Å². The van der Waals surface area contributed by atoms with E-state index in [1.165, 1.54) is 32.2 Å². The van der Waals surface area contributed by atoms with Gasteiger partial charge in [-0.1, -0.05) is 19.8 Å². The third-order valence-corrected chi connectivity index (χ3v) is 4.82. The topological polar surface area (TPSA) is 58.4 Å². The minimum atomic E-state index is -0.542. The molecule has 21 heavy (non-hydrogen) atoms. The van der Waals surface area contributed by atoms with Gasteiger partial charge < -0.3 is 16.0 Å². The molecule has 1 aliphatic carbocycles. The van der Waals surface area contributed by atoms with Crippen LogP contribution in [0.4, 0.5) is 0 Å². The van der Waals surface area contributed by atoms with Crippen molar-refractivity contribution in [3.8, 4) is 0 Å². The molecule has 0 aromatic rings. The summed E-state index contributed by atoms with van der Waals surface area (Å²) in [7, 11) is 2.22. The van der Waals surface area contributed by atoms with E-state index >= 15 is 0 Å². The van der Waals surface area contributed by atoms with Gasteiger partial charge in [-0.05, 0) is 71.5 Å². The molecule has 0 radical (unpaired) electrons. The quantitative estimate of drug-likeness (QED) is 0.576. The van der Waals surface area contributed by atoms with E-state index in [1.807, 2.05) is 6.92 Å². The molecular formula is C17H35N3O. The number of unbranched alkanes of at least 4 members (excludes halogenated alkanes) is 1. The van der Waals surface area contributed by atoms with Crippen LogP contribution < -0.4 is 11.1 Å². The molecule has 1 unspecified atom stereocenters. The maximum Gasteiger partial charge on any atom is 0.237 e. The van der Waals surface area contributed by atoms with Gasteiger partial charge in [0.05, 0.1) is 5.54 Å². The zero-order valence-corrected chi connectivity index (χ0v) is 14.3. The van der Waals surface area contributed by atoms with Crippen molar-refractivity contribution < 1.29 is 4.79 Å². The molecule has 1 amide bonds. The maximum atomic E-state index is 11.6. The van der Waals surface area contributed by atoms with Crippen molar-refractivity contribution in [1.29, 1.82) is 0 Å². The molecule has 3 N–H and O–H groups in total. The zero-order chi connectivity index (χ0) is 15.7. The minimum absolute atomic E-state index is 0.227. The van der Waals surface area contributed by atoms with Gasteiger partial charge in [0.2, 0.25) is 5.91 Å². The van der Waals surface area contributed by atoms with Crippen LogP contribution in [0.25, 0.3) is 0 Å². The molecule has 124 valence electrons. The standard InChI is InChI=1S/C17H35N3O/c1-4-12-19-17(2,16(18)21)11-7-8-13-20(3)14-15-9-5-6-10-15/h15,19H,4-14H2,1-3H3,(H2,18,21). The van der Waals surface area contributed by atoms with Crippen LogP contribution in [0.15, 0.2) is 0 Å². The van der Waals surface area contributed by atoms with Crippen LogP contribution >= 0.6 is 0 Å². The lowest BCUT2D eigenvalue weighted by Gasteiger charge is -2.28. The molecule has 0 aromatic carbocycles. The van der Waals surface area contributed by atoms with E-state index in [-0.39, 0.29) is 5.91 Å². The second-order valence-electron chi connectivity index (χ2n) is 6.99. The SMILES string of the molecule is CCCNC(C)(CCCCN(C)CC1CCCC1)C(N)=O. The summed E-state index contributed by atoms with van der Waals surface area (Å²) in [5.74, 6) is 0.687. The van der Waals surface area contributed by atoms with E-state index in [9.17, 15) is 4.79 Å². The van der Waals surface area contributed by atoms with Crippen LogP contribution in [0.5, 0.6) is 0 Å². The Morgan fingerprint density at radius 1 is 1.33 bits per heavy atom. The highest BCUT2D eigenvalue weighted by molar-refractivity contribution is 5.84. The lowest BCUT2D eigenvalue weighted by molar-refractivity contribution is -0.124. The summed E-state index contributed by atoms with van der Waals surface area (Å²) < 4.78 is 0. The Labute approximate surface area is 130 Å². The van der Waals surface area contributed by atoms with Crippen LogP contribution in [0.3, 0.4) is 0 Å². The predicted octanol–water partition coefficient (Wildman–Crippen LogP) is 2.52. The summed E-state index contributed by atoms with van der Waals surface area (Å²) in [6, 6.07) is 0. The molecule has 4 heteroatoms. The van der Waals surface area contributed by atoms with Gasteiger partial charge in [0, 0.05) is 6.54 Å². The predicted molar refractivity (Wildman–Crippen MR) is 89.2 cm³/mol. The van der Waals surface area contributed by atoms with Crippen molar-refractivity contribution >= 4 is 5.91 Å². The van der Waals surface area contributed by atoms with E-state index in [1.54, 1.807) is 0 Å². The second kappa shape index (κ2) is 9.42. The molecular weight excluding hydrogens is 262 g/mol. The zero-order valence-electron chi connectivity index (χ0n) is 14.3. The number of primary amides is 1. The van der Waals surface area contributed by atoms with E-state index in [4.69, 9.17) is 5.73 Å². The normalized spacial score (nSPS) is 19.0. The van der Waals surface area contributed by atoms with Gasteiger partial charge in [-0.25, -0.2) is 0 Å². The minimum Gasteiger partial charge on any atom is -0.368 e. The van der Waals surface area contributed by atoms with Crippen LogP contribution in [-0.2, 0) is 4.79 Å². The van der Waals surface area contributed by atoms with Crippen LogP contribution in [-0.4, -0.2) is 43.0 Å². The fourth-order valence-electron chi connectivity index (χ4n) is 3.28. The summed E-state index contributed by atoms with van der Waals surface area (Å²) in [6.07, 6.45) is 9.69. The molecule has 0 heterocycles. The molecule has 0 aliphatic heterocycles. The summed E-state index contributed by atoms with van der Waals surface area (Å²) in [6.45, 7) is 7.25. The van der Waals surface area contributed by atoms with E-state index in [0.717, 1.165) is 44.7 Å². The largest absolute Gasteiger partial charge is 0.368 e. The smallest absolute Gasteiger partial charge is 0.237 e. The monoisotopic (exact) mass is 297 g/mol. The number of nitrogens with two attached hydrogens (primary N) is 1. The first-order valence-electron chi connectivity index (χ1n) is 8.71. The van der Waals surface area contributed by atoms with Crippen molar-refractivity contribution in [1.82, 2.24) is 10.2 Å². The highest BCUT2D eigenvalue weighted by Gasteiger charge is 2.29. The number of nitrogens with one attached hydrogen (secondary N) is 1. The van der Waals surface area contributed by atoms with E-state index in [2.05, 4.69) is 24.2 Å². The third-order valence-electron chi connectivity index (χ3n) is 4.82. The maximum absolute atomic E-state index is 11.6. The lowest BCUT2D eigenvalue weighted by atomic mass is 9.93. The molecule has 1 rings (SSSR count). The summed E-state index contributed by atoms with van der Waals surface area (Å²) in [5, 5.41) is 3.30. The van der Waals surface area contributed by atoms with Gasteiger partial charge in [-0.15, -0.1) is 0 Å². The molecule has 1 saturated carbocycles. The van der Waals surface area contributed by atoms with Crippen LogP contribution in [0, 0.1) is 5.92 Å². The summed E-state index contributed by atoms with van der Waals surface area (Å²) in [4.78, 5) is 14.1. The van der Waals surface area contributed by atoms with Crippen LogP contribution in [0.1, 0.15) is 65.2 Å². The molecule has 1 aliphatic rings. The fraction of sp³-hybridized carbons (Fsp3) is 0.941. The Bertz CT molecular complexity index is 302. The highest BCUT2D eigenvalue weighted by atomic mass is 16.1. The number of amides is 1. The summed E-state index contributed by atoms with van der Waals surface area (Å²) in [5.41, 5.74) is 5.01. The Morgan fingerprint density at radius 2 is 2.00 bits per heavy atom. The number of hydrogen-bond acceptors (Lipinski definition) is 3. The first kappa shape index (κ1) is 18.4. The molecule has 4 nitrogen and oxygen atoms in total. The Hall–Kier alpha value is -0.610. The number of hydrogen-bond donors (Lipinski definition) is 2. The second-order valence-corrected chi connectivity index (χ2v) is 6.99. The Balaban J connectivity index is 2.19. The first-order chi connectivity index (χ1) is 9.98. The van der Waals surface area contributed by atoms with Gasteiger partial charge in [-0.2, -0.15) is 0 Å². The van der Waals surface area contributed by atoms with Crippen molar-refractivity contribution in [2.24, 2.45) is 11.7 Å². The highest BCUT2D eigenvalue weighted by Crippen LogP contribution is 2.25. The van der Waals surface area contributed by atoms with E-state index in [0.29, 0.717) is 0 Å². The fourth-order valence-corrected chi connectivity index (χ4v) is 3.28. The van der Waals surface area contributed by atoms with Crippen LogP contribution in [0.2, 0.25) is 0 Å². The number of carbonyl (C=O) groups is 1. The van der Waals surface area contributed by atoms with Crippen molar-refractivity contribution in [3.05, 3.63) is 0 Å². The number of rotatable bonds is 11. The van der Waals surface area contributed by atoms with Gasteiger partial charge >= 0.3 is 0 Å². The Morgan fingerprint density at radius 3 is 2.57 bits per heavy atom.